The summed E-state index contributed by atoms with van der Waals surface area (Å²) in [6.07, 6.45) is 0.194. The van der Waals surface area contributed by atoms with Gasteiger partial charge in [-0.3, -0.25) is 4.90 Å². The number of piperidine rings is 1. The Hall–Kier alpha value is -3.80. The Labute approximate surface area is 193 Å². The third kappa shape index (κ3) is 6.35. The molecule has 0 spiro atoms. The molecule has 2 atom stereocenters. The van der Waals surface area contributed by atoms with Crippen molar-refractivity contribution < 1.29 is 23.8 Å². The highest BCUT2D eigenvalue weighted by molar-refractivity contribution is 5.81. The zero-order chi connectivity index (χ0) is 22.9. The van der Waals surface area contributed by atoms with E-state index in [0.717, 1.165) is 16.9 Å². The summed E-state index contributed by atoms with van der Waals surface area (Å²) in [6.45, 7) is 0.634. The molecule has 0 unspecified atom stereocenters. The number of likely N-dealkylation sites (tertiary alicyclic amines) is 1. The van der Waals surface area contributed by atoms with Crippen molar-refractivity contribution >= 4 is 12.1 Å². The molecule has 6 heteroatoms. The molecular weight excluding hydrogens is 418 g/mol. The average molecular weight is 446 g/mol. The Morgan fingerprint density at radius 2 is 1.30 bits per heavy atom. The molecule has 33 heavy (non-hydrogen) atoms. The van der Waals surface area contributed by atoms with Gasteiger partial charge in [0, 0.05) is 19.4 Å². The van der Waals surface area contributed by atoms with Crippen LogP contribution in [-0.2, 0) is 27.5 Å². The molecule has 3 aromatic rings. The minimum atomic E-state index is -0.778. The first-order valence-corrected chi connectivity index (χ1v) is 11.1. The molecule has 0 N–H and O–H groups in total. The molecule has 0 bridgehead atoms. The molecule has 0 radical (unpaired) electrons. The third-order valence-electron chi connectivity index (χ3n) is 5.54. The molecule has 3 aromatic carbocycles. The van der Waals surface area contributed by atoms with E-state index in [1.807, 2.05) is 91.0 Å². The fourth-order valence-electron chi connectivity index (χ4n) is 3.80. The highest BCUT2D eigenvalue weighted by Crippen LogP contribution is 2.25. The lowest BCUT2D eigenvalue weighted by atomic mass is 9.99. The third-order valence-corrected chi connectivity index (χ3v) is 5.54. The standard InChI is InChI=1S/C27H27NO5/c29-26(31-19-21-10-4-1-5-11-21)25-18-24(33-23-14-8-3-9-15-23)16-17-28(25)27(30)32-20-22-12-6-2-7-13-22/h1-15,24-25H,16-20H2/t24-,25-/m0/s1. The number of para-hydroxylation sites is 1. The molecule has 4 rings (SSSR count). The number of rotatable bonds is 7. The smallest absolute Gasteiger partial charge is 0.410 e. The van der Waals surface area contributed by atoms with Crippen molar-refractivity contribution in [3.05, 3.63) is 102 Å². The molecule has 6 nitrogen and oxygen atoms in total. The summed E-state index contributed by atoms with van der Waals surface area (Å²) < 4.78 is 17.1. The van der Waals surface area contributed by atoms with E-state index in [2.05, 4.69) is 0 Å². The molecule has 1 aliphatic heterocycles. The van der Waals surface area contributed by atoms with E-state index < -0.39 is 18.1 Å². The van der Waals surface area contributed by atoms with E-state index in [9.17, 15) is 9.59 Å². The predicted molar refractivity (Wildman–Crippen MR) is 123 cm³/mol. The van der Waals surface area contributed by atoms with Crippen LogP contribution in [0.25, 0.3) is 0 Å². The zero-order valence-electron chi connectivity index (χ0n) is 18.3. The van der Waals surface area contributed by atoms with Gasteiger partial charge in [0.25, 0.3) is 0 Å². The number of carbonyl (C=O) groups is 2. The predicted octanol–water partition coefficient (Wildman–Crippen LogP) is 4.98. The van der Waals surface area contributed by atoms with Crippen LogP contribution in [-0.4, -0.2) is 35.7 Å². The van der Waals surface area contributed by atoms with E-state index in [1.165, 1.54) is 4.90 Å². The summed E-state index contributed by atoms with van der Waals surface area (Å²) in [5.74, 6) is 0.274. The number of ether oxygens (including phenoxy) is 3. The van der Waals surface area contributed by atoms with E-state index in [4.69, 9.17) is 14.2 Å². The van der Waals surface area contributed by atoms with Gasteiger partial charge in [-0.25, -0.2) is 9.59 Å². The Kier molecular flexibility index (Phi) is 7.59. The Morgan fingerprint density at radius 3 is 1.91 bits per heavy atom. The minimum absolute atomic E-state index is 0.145. The second kappa shape index (κ2) is 11.2. The second-order valence-electron chi connectivity index (χ2n) is 7.92. The van der Waals surface area contributed by atoms with Gasteiger partial charge in [-0.2, -0.15) is 0 Å². The number of hydrogen-bond donors (Lipinski definition) is 0. The molecule has 0 aliphatic carbocycles. The highest BCUT2D eigenvalue weighted by Gasteiger charge is 2.39. The summed E-state index contributed by atoms with van der Waals surface area (Å²) in [5.41, 5.74) is 1.77. The van der Waals surface area contributed by atoms with Crippen LogP contribution in [0.3, 0.4) is 0 Å². The maximum absolute atomic E-state index is 13.0. The molecule has 1 aliphatic rings. The lowest BCUT2D eigenvalue weighted by Gasteiger charge is -2.37. The van der Waals surface area contributed by atoms with Crippen molar-refractivity contribution in [1.29, 1.82) is 0 Å². The topological polar surface area (TPSA) is 65.1 Å². The van der Waals surface area contributed by atoms with Crippen molar-refractivity contribution in [2.24, 2.45) is 0 Å². The van der Waals surface area contributed by atoms with Gasteiger partial charge in [-0.05, 0) is 23.3 Å². The maximum atomic E-state index is 13.0. The summed E-state index contributed by atoms with van der Waals surface area (Å²) in [7, 11) is 0. The number of nitrogens with zero attached hydrogens (tertiary/aromatic N) is 1. The molecule has 1 heterocycles. The van der Waals surface area contributed by atoms with Crippen LogP contribution < -0.4 is 4.74 Å². The summed E-state index contributed by atoms with van der Waals surface area (Å²) in [4.78, 5) is 27.4. The van der Waals surface area contributed by atoms with Gasteiger partial charge in [-0.1, -0.05) is 78.9 Å². The number of benzene rings is 3. The van der Waals surface area contributed by atoms with Crippen LogP contribution in [0.2, 0.25) is 0 Å². The first-order valence-electron chi connectivity index (χ1n) is 11.1. The molecule has 0 saturated carbocycles. The summed E-state index contributed by atoms with van der Waals surface area (Å²) in [6, 6.07) is 27.6. The molecule has 0 aromatic heterocycles. The van der Waals surface area contributed by atoms with Gasteiger partial charge in [-0.15, -0.1) is 0 Å². The van der Waals surface area contributed by atoms with E-state index >= 15 is 0 Å². The van der Waals surface area contributed by atoms with Crippen molar-refractivity contribution in [2.75, 3.05) is 6.54 Å². The fourth-order valence-corrected chi connectivity index (χ4v) is 3.80. The fraction of sp³-hybridized carbons (Fsp3) is 0.259. The van der Waals surface area contributed by atoms with Gasteiger partial charge in [0.05, 0.1) is 0 Å². The van der Waals surface area contributed by atoms with Crippen LogP contribution in [0.15, 0.2) is 91.0 Å². The van der Waals surface area contributed by atoms with E-state index in [1.54, 1.807) is 0 Å². The molecule has 1 saturated heterocycles. The maximum Gasteiger partial charge on any atom is 0.410 e. The van der Waals surface area contributed by atoms with Crippen molar-refractivity contribution in [2.45, 2.75) is 38.2 Å². The first kappa shape index (κ1) is 22.4. The Morgan fingerprint density at radius 1 is 0.758 bits per heavy atom. The number of carbonyl (C=O) groups excluding carboxylic acids is 2. The van der Waals surface area contributed by atoms with Crippen molar-refractivity contribution in [1.82, 2.24) is 4.90 Å². The van der Waals surface area contributed by atoms with E-state index in [-0.39, 0.29) is 19.3 Å². The van der Waals surface area contributed by atoms with Crippen LogP contribution in [0, 0.1) is 0 Å². The van der Waals surface area contributed by atoms with Gasteiger partial charge in [0.15, 0.2) is 0 Å². The monoisotopic (exact) mass is 445 g/mol. The van der Waals surface area contributed by atoms with Gasteiger partial charge in [0.1, 0.15) is 31.1 Å². The first-order chi connectivity index (χ1) is 16.2. The van der Waals surface area contributed by atoms with Gasteiger partial charge >= 0.3 is 12.1 Å². The largest absolute Gasteiger partial charge is 0.490 e. The van der Waals surface area contributed by atoms with Crippen molar-refractivity contribution in [3.8, 4) is 5.75 Å². The molecule has 170 valence electrons. The summed E-state index contributed by atoms with van der Waals surface area (Å²) in [5, 5.41) is 0. The molecule has 1 amide bonds. The Bertz CT molecular complexity index is 1030. The second-order valence-corrected chi connectivity index (χ2v) is 7.92. The Balaban J connectivity index is 1.42. The highest BCUT2D eigenvalue weighted by atomic mass is 16.6. The van der Waals surface area contributed by atoms with Crippen LogP contribution in [0.1, 0.15) is 24.0 Å². The lowest BCUT2D eigenvalue weighted by molar-refractivity contribution is -0.153. The quantitative estimate of drug-likeness (QED) is 0.480. The molecular formula is C27H27NO5. The SMILES string of the molecule is O=C(OCc1ccccc1)[C@@H]1C[C@@H](Oc2ccccc2)CCN1C(=O)OCc1ccccc1. The van der Waals surface area contributed by atoms with Gasteiger partial charge < -0.3 is 14.2 Å². The van der Waals surface area contributed by atoms with E-state index in [0.29, 0.717) is 19.4 Å². The van der Waals surface area contributed by atoms with Crippen molar-refractivity contribution in [3.63, 3.8) is 0 Å². The van der Waals surface area contributed by atoms with Crippen LogP contribution in [0.5, 0.6) is 5.75 Å². The van der Waals surface area contributed by atoms with Crippen LogP contribution in [0.4, 0.5) is 4.79 Å². The average Bonchev–Trinajstić information content (AvgIpc) is 2.87. The van der Waals surface area contributed by atoms with Gasteiger partial charge in [0.2, 0.25) is 0 Å². The lowest BCUT2D eigenvalue weighted by Crippen LogP contribution is -2.53. The van der Waals surface area contributed by atoms with Crippen LogP contribution >= 0.6 is 0 Å². The zero-order valence-corrected chi connectivity index (χ0v) is 18.3. The number of hydrogen-bond acceptors (Lipinski definition) is 5. The number of amides is 1. The minimum Gasteiger partial charge on any atom is -0.490 e. The molecule has 1 fully saturated rings. The number of esters is 1. The summed E-state index contributed by atoms with van der Waals surface area (Å²) >= 11 is 0. The normalized spacial score (nSPS) is 17.8.